The third kappa shape index (κ3) is 6.76. The molecule has 1 aliphatic heterocycles. The predicted octanol–water partition coefficient (Wildman–Crippen LogP) is 4.47. The standard InChI is InChI=1S/C28H30N2O5/c31-25-10-9-21(16-26(25)32)17-27(33)30-13-11-23(12-14-30)24-8-4-7-22(15-24)18-29-28(34)35-19-20-5-2-1-3-6-20/h1-10,15-16,23,31-32H,11-14,17-19H2,(H,29,34). The molecule has 0 radical (unpaired) electrons. The van der Waals surface area contributed by atoms with E-state index >= 15 is 0 Å². The lowest BCUT2D eigenvalue weighted by Crippen LogP contribution is -2.38. The Labute approximate surface area is 205 Å². The first-order valence-electron chi connectivity index (χ1n) is 11.8. The first-order chi connectivity index (χ1) is 17.0. The molecule has 0 aliphatic carbocycles. The van der Waals surface area contributed by atoms with Crippen LogP contribution in [-0.4, -0.2) is 40.2 Å². The van der Waals surface area contributed by atoms with Crippen LogP contribution in [-0.2, 0) is 29.1 Å². The van der Waals surface area contributed by atoms with Gasteiger partial charge in [-0.1, -0.05) is 60.7 Å². The Hall–Kier alpha value is -4.00. The third-order valence-corrected chi connectivity index (χ3v) is 6.31. The maximum atomic E-state index is 12.7. The van der Waals surface area contributed by atoms with Crippen LogP contribution in [0.15, 0.2) is 72.8 Å². The fourth-order valence-corrected chi connectivity index (χ4v) is 4.33. The zero-order valence-electron chi connectivity index (χ0n) is 19.5. The number of piperidine rings is 1. The minimum Gasteiger partial charge on any atom is -0.504 e. The molecule has 3 aromatic carbocycles. The Bertz CT molecular complexity index is 1160. The van der Waals surface area contributed by atoms with Crippen LogP contribution >= 0.6 is 0 Å². The van der Waals surface area contributed by atoms with E-state index in [0.717, 1.165) is 24.0 Å². The topological polar surface area (TPSA) is 99.1 Å². The van der Waals surface area contributed by atoms with Crippen molar-refractivity contribution in [2.45, 2.75) is 38.3 Å². The molecule has 7 heteroatoms. The molecule has 3 N–H and O–H groups in total. The molecule has 0 bridgehead atoms. The van der Waals surface area contributed by atoms with E-state index < -0.39 is 6.09 Å². The van der Waals surface area contributed by atoms with E-state index in [1.165, 1.54) is 17.7 Å². The van der Waals surface area contributed by atoms with E-state index in [4.69, 9.17) is 4.74 Å². The molecular formula is C28H30N2O5. The quantitative estimate of drug-likeness (QED) is 0.439. The maximum absolute atomic E-state index is 12.7. The average Bonchev–Trinajstić information content (AvgIpc) is 2.89. The van der Waals surface area contributed by atoms with Crippen LogP contribution in [0.1, 0.15) is 41.0 Å². The van der Waals surface area contributed by atoms with Crippen molar-refractivity contribution in [3.63, 3.8) is 0 Å². The summed E-state index contributed by atoms with van der Waals surface area (Å²) in [5, 5.41) is 21.9. The fourth-order valence-electron chi connectivity index (χ4n) is 4.33. The Morgan fingerprint density at radius 3 is 2.34 bits per heavy atom. The van der Waals surface area contributed by atoms with Crippen LogP contribution in [0.4, 0.5) is 4.79 Å². The van der Waals surface area contributed by atoms with Crippen molar-refractivity contribution in [2.24, 2.45) is 0 Å². The second-order valence-electron chi connectivity index (χ2n) is 8.82. The highest BCUT2D eigenvalue weighted by Gasteiger charge is 2.24. The first-order valence-corrected chi connectivity index (χ1v) is 11.8. The minimum absolute atomic E-state index is 0.0144. The lowest BCUT2D eigenvalue weighted by Gasteiger charge is -2.32. The number of aromatic hydroxyl groups is 2. The summed E-state index contributed by atoms with van der Waals surface area (Å²) in [4.78, 5) is 26.6. The molecule has 4 rings (SSSR count). The van der Waals surface area contributed by atoms with E-state index in [0.29, 0.717) is 31.1 Å². The molecule has 0 spiro atoms. The van der Waals surface area contributed by atoms with E-state index in [2.05, 4.69) is 17.4 Å². The predicted molar refractivity (Wildman–Crippen MR) is 132 cm³/mol. The minimum atomic E-state index is -0.451. The number of nitrogens with zero attached hydrogens (tertiary/aromatic N) is 1. The van der Waals surface area contributed by atoms with E-state index in [9.17, 15) is 19.8 Å². The number of nitrogens with one attached hydrogen (secondary N) is 1. The molecule has 2 amide bonds. The average molecular weight is 475 g/mol. The summed E-state index contributed by atoms with van der Waals surface area (Å²) in [5.74, 6) is -0.0430. The van der Waals surface area contributed by atoms with Crippen molar-refractivity contribution < 1.29 is 24.5 Å². The Morgan fingerprint density at radius 1 is 0.857 bits per heavy atom. The summed E-state index contributed by atoms with van der Waals surface area (Å²) in [7, 11) is 0. The van der Waals surface area contributed by atoms with Crippen molar-refractivity contribution in [2.75, 3.05) is 13.1 Å². The van der Waals surface area contributed by atoms with Crippen LogP contribution in [0.5, 0.6) is 11.5 Å². The highest BCUT2D eigenvalue weighted by Crippen LogP contribution is 2.29. The molecule has 0 aromatic heterocycles. The number of carbonyl (C=O) groups excluding carboxylic acids is 2. The van der Waals surface area contributed by atoms with Gasteiger partial charge in [-0.3, -0.25) is 4.79 Å². The second-order valence-corrected chi connectivity index (χ2v) is 8.82. The molecule has 35 heavy (non-hydrogen) atoms. The summed E-state index contributed by atoms with van der Waals surface area (Å²) in [6.45, 7) is 1.96. The van der Waals surface area contributed by atoms with Gasteiger partial charge in [-0.25, -0.2) is 4.79 Å². The highest BCUT2D eigenvalue weighted by molar-refractivity contribution is 5.79. The molecule has 7 nitrogen and oxygen atoms in total. The van der Waals surface area contributed by atoms with Gasteiger partial charge in [-0.15, -0.1) is 0 Å². The summed E-state index contributed by atoms with van der Waals surface area (Å²) < 4.78 is 5.27. The number of hydrogen-bond donors (Lipinski definition) is 3. The van der Waals surface area contributed by atoms with Crippen molar-refractivity contribution >= 4 is 12.0 Å². The summed E-state index contributed by atoms with van der Waals surface area (Å²) in [6, 6.07) is 22.2. The SMILES string of the molecule is O=C(NCc1cccc(C2CCN(C(=O)Cc3ccc(O)c(O)c3)CC2)c1)OCc1ccccc1. The lowest BCUT2D eigenvalue weighted by atomic mass is 9.88. The van der Waals surface area contributed by atoms with Crippen molar-refractivity contribution in [3.8, 4) is 11.5 Å². The largest absolute Gasteiger partial charge is 0.504 e. The monoisotopic (exact) mass is 474 g/mol. The zero-order valence-corrected chi connectivity index (χ0v) is 19.5. The van der Waals surface area contributed by atoms with E-state index in [-0.39, 0.29) is 30.4 Å². The number of benzene rings is 3. The molecule has 1 heterocycles. The Kier molecular flexibility index (Phi) is 7.88. The van der Waals surface area contributed by atoms with Crippen LogP contribution in [0.2, 0.25) is 0 Å². The molecule has 3 aromatic rings. The number of rotatable bonds is 7. The van der Waals surface area contributed by atoms with Gasteiger partial charge in [0.05, 0.1) is 6.42 Å². The number of phenolic OH excluding ortho intramolecular Hbond substituents is 2. The lowest BCUT2D eigenvalue weighted by molar-refractivity contribution is -0.131. The van der Waals surface area contributed by atoms with Crippen molar-refractivity contribution in [1.29, 1.82) is 0 Å². The van der Waals surface area contributed by atoms with Gasteiger partial charge in [0.2, 0.25) is 5.91 Å². The fraction of sp³-hybridized carbons (Fsp3) is 0.286. The molecule has 1 fully saturated rings. The van der Waals surface area contributed by atoms with Gasteiger partial charge >= 0.3 is 6.09 Å². The van der Waals surface area contributed by atoms with E-state index in [1.807, 2.05) is 47.4 Å². The number of carbonyl (C=O) groups is 2. The number of alkyl carbamates (subject to hydrolysis) is 1. The summed E-state index contributed by atoms with van der Waals surface area (Å²) in [6.07, 6.45) is 1.47. The number of hydrogen-bond acceptors (Lipinski definition) is 5. The molecular weight excluding hydrogens is 444 g/mol. The van der Waals surface area contributed by atoms with Crippen LogP contribution in [0.3, 0.4) is 0 Å². The normalized spacial score (nSPS) is 13.9. The van der Waals surface area contributed by atoms with E-state index in [1.54, 1.807) is 6.07 Å². The highest BCUT2D eigenvalue weighted by atomic mass is 16.5. The molecule has 0 atom stereocenters. The van der Waals surface area contributed by atoms with Crippen LogP contribution in [0, 0.1) is 0 Å². The van der Waals surface area contributed by atoms with Crippen molar-refractivity contribution in [3.05, 3.63) is 95.1 Å². The molecule has 0 unspecified atom stereocenters. The van der Waals surface area contributed by atoms with Crippen molar-refractivity contribution in [1.82, 2.24) is 10.2 Å². The maximum Gasteiger partial charge on any atom is 0.407 e. The number of ether oxygens (including phenoxy) is 1. The first kappa shape index (κ1) is 24.1. The van der Waals surface area contributed by atoms with Crippen LogP contribution < -0.4 is 5.32 Å². The molecule has 1 aliphatic rings. The van der Waals surface area contributed by atoms with Gasteiger partial charge in [-0.05, 0) is 53.1 Å². The Morgan fingerprint density at radius 2 is 1.60 bits per heavy atom. The van der Waals surface area contributed by atoms with Gasteiger partial charge < -0.3 is 25.2 Å². The van der Waals surface area contributed by atoms with Crippen LogP contribution in [0.25, 0.3) is 0 Å². The summed E-state index contributed by atoms with van der Waals surface area (Å²) in [5.41, 5.74) is 3.83. The smallest absolute Gasteiger partial charge is 0.407 e. The molecule has 1 saturated heterocycles. The Balaban J connectivity index is 1.24. The number of likely N-dealkylation sites (tertiary alicyclic amines) is 1. The van der Waals surface area contributed by atoms with Gasteiger partial charge in [-0.2, -0.15) is 0 Å². The number of amides is 2. The summed E-state index contributed by atoms with van der Waals surface area (Å²) >= 11 is 0. The third-order valence-electron chi connectivity index (χ3n) is 6.31. The number of phenols is 2. The molecule has 0 saturated carbocycles. The van der Waals surface area contributed by atoms with Gasteiger partial charge in [0.1, 0.15) is 6.61 Å². The van der Waals surface area contributed by atoms with Gasteiger partial charge in [0.25, 0.3) is 0 Å². The zero-order chi connectivity index (χ0) is 24.6. The van der Waals surface area contributed by atoms with Gasteiger partial charge in [0.15, 0.2) is 11.5 Å². The second kappa shape index (κ2) is 11.4. The molecule has 182 valence electrons. The van der Waals surface area contributed by atoms with Gasteiger partial charge in [0, 0.05) is 19.6 Å².